The Bertz CT molecular complexity index is 525. The van der Waals surface area contributed by atoms with Gasteiger partial charge in [0, 0.05) is 10.9 Å². The molecule has 0 aromatic heterocycles. The van der Waals surface area contributed by atoms with E-state index in [0.29, 0.717) is 12.0 Å². The molecule has 0 spiro atoms. The van der Waals surface area contributed by atoms with Gasteiger partial charge in [-0.05, 0) is 18.6 Å². The highest BCUT2D eigenvalue weighted by Gasteiger charge is 2.17. The molecule has 6 heteroatoms. The molecule has 0 aliphatic carbocycles. The molecule has 20 heavy (non-hydrogen) atoms. The summed E-state index contributed by atoms with van der Waals surface area (Å²) >= 11 is 1.29. The van der Waals surface area contributed by atoms with Crippen LogP contribution in [0.5, 0.6) is 0 Å². The summed E-state index contributed by atoms with van der Waals surface area (Å²) in [5, 5.41) is 20.1. The number of hydrogen-bond acceptors (Lipinski definition) is 4. The van der Waals surface area contributed by atoms with Crippen LogP contribution in [0.3, 0.4) is 0 Å². The fourth-order valence-electron chi connectivity index (χ4n) is 1.66. The molecule has 1 rings (SSSR count). The largest absolute Gasteiger partial charge is 0.481 e. The number of nitriles is 1. The standard InChI is InChI=1S/C14H16N2O3S/c1-2-10(9-13(17)18)16-14(19)11-5-3-4-6-12(11)20-8-7-15/h3-6,10H,2,8-9H2,1H3,(H,16,19)(H,17,18). The van der Waals surface area contributed by atoms with Crippen LogP contribution >= 0.6 is 11.8 Å². The Morgan fingerprint density at radius 1 is 1.45 bits per heavy atom. The van der Waals surface area contributed by atoms with Crippen LogP contribution in [0.1, 0.15) is 30.1 Å². The molecule has 0 aliphatic heterocycles. The van der Waals surface area contributed by atoms with Crippen molar-refractivity contribution in [3.8, 4) is 6.07 Å². The van der Waals surface area contributed by atoms with Crippen LogP contribution in [0.4, 0.5) is 0 Å². The average molecular weight is 292 g/mol. The Kier molecular flexibility index (Phi) is 6.60. The normalized spacial score (nSPS) is 11.4. The van der Waals surface area contributed by atoms with Crippen LogP contribution in [0.2, 0.25) is 0 Å². The summed E-state index contributed by atoms with van der Waals surface area (Å²) in [5.74, 6) is -0.986. The third kappa shape index (κ3) is 4.94. The SMILES string of the molecule is CCC(CC(=O)O)NC(=O)c1ccccc1SCC#N. The molecule has 1 aromatic carbocycles. The minimum absolute atomic E-state index is 0.101. The van der Waals surface area contributed by atoms with E-state index in [1.54, 1.807) is 24.3 Å². The van der Waals surface area contributed by atoms with Crippen molar-refractivity contribution in [3.63, 3.8) is 0 Å². The second kappa shape index (κ2) is 8.23. The molecule has 1 unspecified atom stereocenters. The first kappa shape index (κ1) is 16.1. The first-order chi connectivity index (χ1) is 9.58. The highest BCUT2D eigenvalue weighted by atomic mass is 32.2. The summed E-state index contributed by atoms with van der Waals surface area (Å²) in [6.45, 7) is 1.82. The average Bonchev–Trinajstić information content (AvgIpc) is 2.44. The van der Waals surface area contributed by atoms with E-state index in [0.717, 1.165) is 4.90 Å². The van der Waals surface area contributed by atoms with Crippen LogP contribution in [-0.4, -0.2) is 28.8 Å². The smallest absolute Gasteiger partial charge is 0.305 e. The molecule has 0 aliphatic rings. The van der Waals surface area contributed by atoms with Crippen molar-refractivity contribution in [1.29, 1.82) is 5.26 Å². The van der Waals surface area contributed by atoms with Gasteiger partial charge in [0.2, 0.25) is 0 Å². The fourth-order valence-corrected chi connectivity index (χ4v) is 2.37. The second-order valence-electron chi connectivity index (χ2n) is 4.12. The zero-order valence-electron chi connectivity index (χ0n) is 11.1. The van der Waals surface area contributed by atoms with Crippen molar-refractivity contribution in [2.45, 2.75) is 30.7 Å². The summed E-state index contributed by atoms with van der Waals surface area (Å²) < 4.78 is 0. The Hall–Kier alpha value is -2.00. The fraction of sp³-hybridized carbons (Fsp3) is 0.357. The van der Waals surface area contributed by atoms with Gasteiger partial charge in [-0.2, -0.15) is 5.26 Å². The van der Waals surface area contributed by atoms with Gasteiger partial charge < -0.3 is 10.4 Å². The number of carboxylic acid groups (broad SMARTS) is 1. The Morgan fingerprint density at radius 3 is 2.75 bits per heavy atom. The Morgan fingerprint density at radius 2 is 2.15 bits per heavy atom. The molecule has 0 bridgehead atoms. The van der Waals surface area contributed by atoms with Crippen LogP contribution < -0.4 is 5.32 Å². The van der Waals surface area contributed by atoms with Gasteiger partial charge in [0.25, 0.3) is 5.91 Å². The molecular formula is C14H16N2O3S. The van der Waals surface area contributed by atoms with Crippen molar-refractivity contribution >= 4 is 23.6 Å². The number of thioether (sulfide) groups is 1. The molecule has 0 saturated heterocycles. The monoisotopic (exact) mass is 292 g/mol. The van der Waals surface area contributed by atoms with Gasteiger partial charge in [0.15, 0.2) is 0 Å². The maximum Gasteiger partial charge on any atom is 0.305 e. The van der Waals surface area contributed by atoms with E-state index in [2.05, 4.69) is 5.32 Å². The topological polar surface area (TPSA) is 90.2 Å². The Balaban J connectivity index is 2.81. The van der Waals surface area contributed by atoms with E-state index in [9.17, 15) is 9.59 Å². The zero-order valence-corrected chi connectivity index (χ0v) is 11.9. The van der Waals surface area contributed by atoms with Crippen LogP contribution in [-0.2, 0) is 4.79 Å². The molecular weight excluding hydrogens is 276 g/mol. The third-order valence-corrected chi connectivity index (χ3v) is 3.61. The van der Waals surface area contributed by atoms with E-state index in [4.69, 9.17) is 10.4 Å². The molecule has 0 saturated carbocycles. The summed E-state index contributed by atoms with van der Waals surface area (Å²) in [5.41, 5.74) is 0.469. The highest BCUT2D eigenvalue weighted by Crippen LogP contribution is 2.22. The first-order valence-electron chi connectivity index (χ1n) is 6.19. The minimum atomic E-state index is -0.940. The number of amides is 1. The van der Waals surface area contributed by atoms with Gasteiger partial charge in [-0.15, -0.1) is 11.8 Å². The van der Waals surface area contributed by atoms with Gasteiger partial charge in [0.1, 0.15) is 0 Å². The molecule has 1 aromatic rings. The zero-order chi connectivity index (χ0) is 15.0. The van der Waals surface area contributed by atoms with Crippen molar-refractivity contribution in [1.82, 2.24) is 5.32 Å². The number of carboxylic acids is 1. The predicted molar refractivity (Wildman–Crippen MR) is 76.6 cm³/mol. The summed E-state index contributed by atoms with van der Waals surface area (Å²) in [4.78, 5) is 23.6. The number of carbonyl (C=O) groups excluding carboxylic acids is 1. The van der Waals surface area contributed by atoms with E-state index in [1.807, 2.05) is 13.0 Å². The van der Waals surface area contributed by atoms with Gasteiger partial charge >= 0.3 is 5.97 Å². The lowest BCUT2D eigenvalue weighted by atomic mass is 10.1. The van der Waals surface area contributed by atoms with Crippen molar-refractivity contribution in [2.24, 2.45) is 0 Å². The van der Waals surface area contributed by atoms with Crippen LogP contribution in [0, 0.1) is 11.3 Å². The summed E-state index contributed by atoms with van der Waals surface area (Å²) in [6.07, 6.45) is 0.446. The number of hydrogen-bond donors (Lipinski definition) is 2. The first-order valence-corrected chi connectivity index (χ1v) is 7.18. The highest BCUT2D eigenvalue weighted by molar-refractivity contribution is 7.99. The predicted octanol–water partition coefficient (Wildman–Crippen LogP) is 2.29. The van der Waals surface area contributed by atoms with Crippen molar-refractivity contribution < 1.29 is 14.7 Å². The maximum absolute atomic E-state index is 12.2. The molecule has 0 heterocycles. The quantitative estimate of drug-likeness (QED) is 0.752. The molecule has 1 amide bonds. The molecule has 1 atom stereocenters. The van der Waals surface area contributed by atoms with Gasteiger partial charge in [-0.1, -0.05) is 19.1 Å². The van der Waals surface area contributed by atoms with E-state index in [1.165, 1.54) is 11.8 Å². The van der Waals surface area contributed by atoms with Crippen molar-refractivity contribution in [2.75, 3.05) is 5.75 Å². The number of nitrogens with zero attached hydrogens (tertiary/aromatic N) is 1. The number of benzene rings is 1. The maximum atomic E-state index is 12.2. The number of nitrogens with one attached hydrogen (secondary N) is 1. The lowest BCUT2D eigenvalue weighted by molar-refractivity contribution is -0.137. The van der Waals surface area contributed by atoms with E-state index >= 15 is 0 Å². The van der Waals surface area contributed by atoms with Gasteiger partial charge in [0.05, 0.1) is 23.8 Å². The molecule has 106 valence electrons. The van der Waals surface area contributed by atoms with Gasteiger partial charge in [-0.3, -0.25) is 9.59 Å². The van der Waals surface area contributed by atoms with E-state index in [-0.39, 0.29) is 18.1 Å². The Labute approximate surface area is 122 Å². The lowest BCUT2D eigenvalue weighted by Gasteiger charge is -2.16. The van der Waals surface area contributed by atoms with E-state index < -0.39 is 12.0 Å². The number of aliphatic carboxylic acids is 1. The minimum Gasteiger partial charge on any atom is -0.481 e. The second-order valence-corrected chi connectivity index (χ2v) is 5.14. The molecule has 2 N–H and O–H groups in total. The lowest BCUT2D eigenvalue weighted by Crippen LogP contribution is -2.36. The van der Waals surface area contributed by atoms with Crippen LogP contribution in [0.15, 0.2) is 29.2 Å². The number of carbonyl (C=O) groups is 2. The summed E-state index contributed by atoms with van der Waals surface area (Å²) in [7, 11) is 0. The van der Waals surface area contributed by atoms with Crippen LogP contribution in [0.25, 0.3) is 0 Å². The summed E-state index contributed by atoms with van der Waals surface area (Å²) in [6, 6.07) is 8.60. The number of rotatable bonds is 7. The molecule has 0 fully saturated rings. The van der Waals surface area contributed by atoms with Gasteiger partial charge in [-0.25, -0.2) is 0 Å². The molecule has 5 nitrogen and oxygen atoms in total. The van der Waals surface area contributed by atoms with Crippen molar-refractivity contribution in [3.05, 3.63) is 29.8 Å². The third-order valence-electron chi connectivity index (χ3n) is 2.67. The molecule has 0 radical (unpaired) electrons.